The van der Waals surface area contributed by atoms with Crippen molar-refractivity contribution in [1.82, 2.24) is 9.55 Å². The SMILES string of the molecule is O=C(/C=C/c1cc(Cl)cc(Cl)c1)Nc1ccccc1OCCn1ccnc1. The Morgan fingerprint density at radius 2 is 1.96 bits per heavy atom. The number of nitrogens with zero attached hydrogens (tertiary/aromatic N) is 2. The van der Waals surface area contributed by atoms with Crippen molar-refractivity contribution in [2.45, 2.75) is 6.54 Å². The lowest BCUT2D eigenvalue weighted by atomic mass is 10.2. The van der Waals surface area contributed by atoms with Gasteiger partial charge in [-0.05, 0) is 42.0 Å². The average molecular weight is 402 g/mol. The van der Waals surface area contributed by atoms with E-state index < -0.39 is 0 Å². The molecule has 7 heteroatoms. The summed E-state index contributed by atoms with van der Waals surface area (Å²) in [5.74, 6) is 0.321. The molecule has 0 aliphatic rings. The van der Waals surface area contributed by atoms with E-state index >= 15 is 0 Å². The molecule has 5 nitrogen and oxygen atoms in total. The molecule has 1 amide bonds. The number of carbonyl (C=O) groups excluding carboxylic acids is 1. The Labute approximate surface area is 167 Å². The highest BCUT2D eigenvalue weighted by molar-refractivity contribution is 6.34. The topological polar surface area (TPSA) is 56.1 Å². The molecule has 138 valence electrons. The Balaban J connectivity index is 1.61. The van der Waals surface area contributed by atoms with Crippen LogP contribution in [0.4, 0.5) is 5.69 Å². The summed E-state index contributed by atoms with van der Waals surface area (Å²) in [7, 11) is 0. The third-order valence-corrected chi connectivity index (χ3v) is 4.06. The van der Waals surface area contributed by atoms with E-state index in [0.717, 1.165) is 5.56 Å². The second kappa shape index (κ2) is 9.26. The molecule has 0 fully saturated rings. The summed E-state index contributed by atoms with van der Waals surface area (Å²) in [6.45, 7) is 1.12. The van der Waals surface area contributed by atoms with Gasteiger partial charge in [0, 0.05) is 28.5 Å². The minimum absolute atomic E-state index is 0.281. The third kappa shape index (κ3) is 5.88. The van der Waals surface area contributed by atoms with E-state index in [2.05, 4.69) is 10.3 Å². The van der Waals surface area contributed by atoms with Crippen LogP contribution in [0.15, 0.2) is 67.3 Å². The van der Waals surface area contributed by atoms with E-state index in [1.807, 2.05) is 29.0 Å². The van der Waals surface area contributed by atoms with Crippen LogP contribution in [0.25, 0.3) is 6.08 Å². The fraction of sp³-hybridized carbons (Fsp3) is 0.100. The standard InChI is InChI=1S/C20H17Cl2N3O2/c21-16-11-15(12-17(22)13-16)5-6-20(26)24-18-3-1-2-4-19(18)27-10-9-25-8-7-23-14-25/h1-8,11-14H,9-10H2,(H,24,26)/b6-5+. The largest absolute Gasteiger partial charge is 0.490 e. The number of anilines is 1. The summed E-state index contributed by atoms with van der Waals surface area (Å²) in [5, 5.41) is 3.84. The predicted octanol–water partition coefficient (Wildman–Crippen LogP) is 4.92. The molecular weight excluding hydrogens is 385 g/mol. The summed E-state index contributed by atoms with van der Waals surface area (Å²) in [4.78, 5) is 16.2. The monoisotopic (exact) mass is 401 g/mol. The number of hydrogen-bond acceptors (Lipinski definition) is 3. The molecule has 27 heavy (non-hydrogen) atoms. The Kier molecular flexibility index (Phi) is 6.52. The van der Waals surface area contributed by atoms with Gasteiger partial charge < -0.3 is 14.6 Å². The van der Waals surface area contributed by atoms with Crippen LogP contribution in [0.5, 0.6) is 5.75 Å². The number of nitrogens with one attached hydrogen (secondary N) is 1. The van der Waals surface area contributed by atoms with Crippen LogP contribution in [-0.4, -0.2) is 22.1 Å². The van der Waals surface area contributed by atoms with Crippen molar-refractivity contribution < 1.29 is 9.53 Å². The zero-order valence-corrected chi connectivity index (χ0v) is 15.8. The van der Waals surface area contributed by atoms with Crippen LogP contribution < -0.4 is 10.1 Å². The number of benzene rings is 2. The van der Waals surface area contributed by atoms with Gasteiger partial charge in [0.2, 0.25) is 5.91 Å². The molecule has 3 rings (SSSR count). The van der Waals surface area contributed by atoms with Gasteiger partial charge in [0.1, 0.15) is 12.4 Å². The molecule has 0 saturated carbocycles. The zero-order chi connectivity index (χ0) is 19.1. The first-order chi connectivity index (χ1) is 13.1. The molecule has 1 aromatic heterocycles. The van der Waals surface area contributed by atoms with Crippen LogP contribution in [0.1, 0.15) is 5.56 Å². The van der Waals surface area contributed by atoms with E-state index in [0.29, 0.717) is 34.6 Å². The summed E-state index contributed by atoms with van der Waals surface area (Å²) >= 11 is 11.9. The number of halogens is 2. The molecule has 0 saturated heterocycles. The lowest BCUT2D eigenvalue weighted by molar-refractivity contribution is -0.111. The predicted molar refractivity (Wildman–Crippen MR) is 108 cm³/mol. The molecule has 3 aromatic rings. The Morgan fingerprint density at radius 3 is 2.70 bits per heavy atom. The van der Waals surface area contributed by atoms with Gasteiger partial charge >= 0.3 is 0 Å². The molecule has 0 spiro atoms. The molecule has 0 atom stereocenters. The second-order valence-electron chi connectivity index (χ2n) is 5.67. The molecular formula is C20H17Cl2N3O2. The van der Waals surface area contributed by atoms with Gasteiger partial charge in [-0.15, -0.1) is 0 Å². The highest BCUT2D eigenvalue weighted by atomic mass is 35.5. The van der Waals surface area contributed by atoms with Gasteiger partial charge in [0.05, 0.1) is 18.6 Å². The molecule has 1 heterocycles. The maximum absolute atomic E-state index is 12.2. The minimum Gasteiger partial charge on any atom is -0.490 e. The Morgan fingerprint density at radius 1 is 1.19 bits per heavy atom. The number of hydrogen-bond donors (Lipinski definition) is 1. The smallest absolute Gasteiger partial charge is 0.248 e. The molecule has 0 aliphatic heterocycles. The number of para-hydroxylation sites is 2. The zero-order valence-electron chi connectivity index (χ0n) is 14.3. The van der Waals surface area contributed by atoms with Crippen LogP contribution >= 0.6 is 23.2 Å². The van der Waals surface area contributed by atoms with Crippen LogP contribution in [0.3, 0.4) is 0 Å². The number of imidazole rings is 1. The molecule has 1 N–H and O–H groups in total. The van der Waals surface area contributed by atoms with Gasteiger partial charge in [-0.2, -0.15) is 0 Å². The van der Waals surface area contributed by atoms with Gasteiger partial charge in [0.25, 0.3) is 0 Å². The van der Waals surface area contributed by atoms with Gasteiger partial charge in [-0.3, -0.25) is 4.79 Å². The van der Waals surface area contributed by atoms with Gasteiger partial charge in [0.15, 0.2) is 0 Å². The van der Waals surface area contributed by atoms with Crippen molar-refractivity contribution in [2.24, 2.45) is 0 Å². The number of carbonyl (C=O) groups is 1. The van der Waals surface area contributed by atoms with E-state index in [1.165, 1.54) is 6.08 Å². The van der Waals surface area contributed by atoms with Crippen LogP contribution in [0, 0.1) is 0 Å². The van der Waals surface area contributed by atoms with E-state index in [1.54, 1.807) is 42.9 Å². The van der Waals surface area contributed by atoms with Gasteiger partial charge in [-0.25, -0.2) is 4.98 Å². The van der Waals surface area contributed by atoms with Crippen molar-refractivity contribution in [3.05, 3.63) is 82.9 Å². The quantitative estimate of drug-likeness (QED) is 0.571. The van der Waals surface area contributed by atoms with E-state index in [4.69, 9.17) is 27.9 Å². The van der Waals surface area contributed by atoms with Crippen LogP contribution in [-0.2, 0) is 11.3 Å². The molecule has 2 aromatic carbocycles. The fourth-order valence-electron chi connectivity index (χ4n) is 2.39. The van der Waals surface area contributed by atoms with Crippen molar-refractivity contribution in [3.8, 4) is 5.75 Å². The minimum atomic E-state index is -0.281. The summed E-state index contributed by atoms with van der Waals surface area (Å²) in [6.07, 6.45) is 8.38. The number of ether oxygens (including phenoxy) is 1. The van der Waals surface area contributed by atoms with Crippen molar-refractivity contribution >= 4 is 40.9 Å². The Hall–Kier alpha value is -2.76. The van der Waals surface area contributed by atoms with E-state index in [9.17, 15) is 4.79 Å². The maximum Gasteiger partial charge on any atom is 0.248 e. The van der Waals surface area contributed by atoms with Crippen molar-refractivity contribution in [3.63, 3.8) is 0 Å². The molecule has 0 aliphatic carbocycles. The molecule has 0 radical (unpaired) electrons. The summed E-state index contributed by atoms with van der Waals surface area (Å²) < 4.78 is 7.70. The number of amides is 1. The first kappa shape index (κ1) is 19.0. The maximum atomic E-state index is 12.2. The lowest BCUT2D eigenvalue weighted by Crippen LogP contribution is -2.11. The van der Waals surface area contributed by atoms with Crippen molar-refractivity contribution in [2.75, 3.05) is 11.9 Å². The van der Waals surface area contributed by atoms with Gasteiger partial charge in [-0.1, -0.05) is 35.3 Å². The highest BCUT2D eigenvalue weighted by Gasteiger charge is 2.06. The average Bonchev–Trinajstić information content (AvgIpc) is 3.14. The second-order valence-corrected chi connectivity index (χ2v) is 6.54. The number of rotatable bonds is 7. The summed E-state index contributed by atoms with van der Waals surface area (Å²) in [5.41, 5.74) is 1.34. The normalized spacial score (nSPS) is 10.9. The van der Waals surface area contributed by atoms with Crippen LogP contribution in [0.2, 0.25) is 10.0 Å². The first-order valence-electron chi connectivity index (χ1n) is 8.23. The third-order valence-electron chi connectivity index (χ3n) is 3.62. The summed E-state index contributed by atoms with van der Waals surface area (Å²) in [6, 6.07) is 12.4. The fourth-order valence-corrected chi connectivity index (χ4v) is 2.94. The van der Waals surface area contributed by atoms with E-state index in [-0.39, 0.29) is 5.91 Å². The highest BCUT2D eigenvalue weighted by Crippen LogP contribution is 2.24. The first-order valence-corrected chi connectivity index (χ1v) is 8.98. The molecule has 0 bridgehead atoms. The Bertz CT molecular complexity index is 920. The lowest BCUT2D eigenvalue weighted by Gasteiger charge is -2.12. The van der Waals surface area contributed by atoms with Crippen molar-refractivity contribution in [1.29, 1.82) is 0 Å². The molecule has 0 unspecified atom stereocenters. The number of aromatic nitrogens is 2.